The first-order valence-corrected chi connectivity index (χ1v) is 6.90. The molecule has 0 aliphatic rings. The van der Waals surface area contributed by atoms with E-state index in [0.717, 1.165) is 9.21 Å². The van der Waals surface area contributed by atoms with Crippen LogP contribution in [0, 0.1) is 0 Å². The lowest BCUT2D eigenvalue weighted by molar-refractivity contribution is 0.363. The van der Waals surface area contributed by atoms with Crippen LogP contribution < -0.4 is 5.32 Å². The van der Waals surface area contributed by atoms with Crippen molar-refractivity contribution in [3.05, 3.63) is 39.0 Å². The molecule has 4 N–H and O–H groups in total. The third-order valence-electron chi connectivity index (χ3n) is 2.83. The number of aromatic hydroxyl groups is 3. The van der Waals surface area contributed by atoms with Gasteiger partial charge in [0, 0.05) is 23.0 Å². The van der Waals surface area contributed by atoms with Crippen LogP contribution in [0.15, 0.2) is 24.3 Å². The lowest BCUT2D eigenvalue weighted by Gasteiger charge is -2.13. The number of halogens is 1. The van der Waals surface area contributed by atoms with E-state index in [9.17, 15) is 15.3 Å². The highest BCUT2D eigenvalue weighted by molar-refractivity contribution is 7.16. The molecule has 6 heteroatoms. The quantitative estimate of drug-likeness (QED) is 0.653. The van der Waals surface area contributed by atoms with Crippen LogP contribution >= 0.6 is 22.9 Å². The number of benzene rings is 1. The minimum atomic E-state index is -0.494. The third kappa shape index (κ3) is 3.12. The van der Waals surface area contributed by atoms with Crippen molar-refractivity contribution in [2.24, 2.45) is 0 Å². The lowest BCUT2D eigenvalue weighted by Crippen LogP contribution is -2.17. The number of phenolic OH excluding ortho intramolecular Hbond substituents is 3. The molecule has 0 amide bonds. The maximum Gasteiger partial charge on any atom is 0.200 e. The van der Waals surface area contributed by atoms with Crippen molar-refractivity contribution in [3.63, 3.8) is 0 Å². The van der Waals surface area contributed by atoms with Gasteiger partial charge in [0.05, 0.1) is 4.34 Å². The predicted molar refractivity (Wildman–Crippen MR) is 76.0 cm³/mol. The summed E-state index contributed by atoms with van der Waals surface area (Å²) in [5.41, 5.74) is 0.518. The number of nitrogens with one attached hydrogen (secondary N) is 1. The van der Waals surface area contributed by atoms with Crippen molar-refractivity contribution in [1.29, 1.82) is 0 Å². The largest absolute Gasteiger partial charge is 0.504 e. The summed E-state index contributed by atoms with van der Waals surface area (Å²) < 4.78 is 0.730. The maximum absolute atomic E-state index is 9.70. The normalized spacial score (nSPS) is 12.5. The molecule has 0 aliphatic carbocycles. The van der Waals surface area contributed by atoms with Crippen LogP contribution in [0.2, 0.25) is 4.34 Å². The van der Waals surface area contributed by atoms with Crippen LogP contribution in [0.1, 0.15) is 23.4 Å². The highest BCUT2D eigenvalue weighted by Crippen LogP contribution is 2.37. The molecule has 0 bridgehead atoms. The molecular formula is C13H14ClNO3S. The zero-order valence-corrected chi connectivity index (χ0v) is 11.8. The summed E-state index contributed by atoms with van der Waals surface area (Å²) >= 11 is 7.37. The summed E-state index contributed by atoms with van der Waals surface area (Å²) in [4.78, 5) is 1.09. The number of hydrogen-bond donors (Lipinski definition) is 4. The number of thiophene rings is 1. The lowest BCUT2D eigenvalue weighted by atomic mass is 10.1. The summed E-state index contributed by atoms with van der Waals surface area (Å²) in [5.74, 6) is -1.13. The van der Waals surface area contributed by atoms with Gasteiger partial charge in [0.1, 0.15) is 0 Å². The van der Waals surface area contributed by atoms with Gasteiger partial charge in [-0.25, -0.2) is 0 Å². The first kappa shape index (κ1) is 14.0. The molecule has 0 saturated carbocycles. The topological polar surface area (TPSA) is 72.7 Å². The molecular weight excluding hydrogens is 286 g/mol. The van der Waals surface area contributed by atoms with E-state index in [2.05, 4.69) is 5.32 Å². The number of hydrogen-bond acceptors (Lipinski definition) is 5. The van der Waals surface area contributed by atoms with Crippen molar-refractivity contribution in [3.8, 4) is 17.2 Å². The monoisotopic (exact) mass is 299 g/mol. The molecule has 2 rings (SSSR count). The van der Waals surface area contributed by atoms with Crippen LogP contribution in [0.4, 0.5) is 0 Å². The van der Waals surface area contributed by atoms with Gasteiger partial charge >= 0.3 is 0 Å². The van der Waals surface area contributed by atoms with Crippen molar-refractivity contribution in [2.75, 3.05) is 0 Å². The van der Waals surface area contributed by atoms with E-state index < -0.39 is 5.75 Å². The summed E-state index contributed by atoms with van der Waals surface area (Å²) in [6, 6.07) is 6.76. The van der Waals surface area contributed by atoms with Gasteiger partial charge in [-0.1, -0.05) is 17.7 Å². The average molecular weight is 300 g/mol. The van der Waals surface area contributed by atoms with E-state index in [-0.39, 0.29) is 17.5 Å². The van der Waals surface area contributed by atoms with E-state index >= 15 is 0 Å². The number of phenols is 3. The van der Waals surface area contributed by atoms with Gasteiger partial charge in [-0.15, -0.1) is 11.3 Å². The Hall–Kier alpha value is -1.43. The van der Waals surface area contributed by atoms with Crippen LogP contribution in [0.3, 0.4) is 0 Å². The molecule has 1 unspecified atom stereocenters. The molecule has 0 saturated heterocycles. The van der Waals surface area contributed by atoms with Crippen molar-refractivity contribution < 1.29 is 15.3 Å². The minimum absolute atomic E-state index is 0.0767. The van der Waals surface area contributed by atoms with Gasteiger partial charge in [0.15, 0.2) is 11.5 Å². The molecule has 1 heterocycles. The van der Waals surface area contributed by atoms with E-state index in [1.165, 1.54) is 17.4 Å². The Labute approximate surface area is 119 Å². The van der Waals surface area contributed by atoms with Gasteiger partial charge < -0.3 is 20.6 Å². The standard InChI is InChI=1S/C13H14ClNO3S/c1-7(10-4-5-11(14)19-10)15-6-8-2-3-9(16)13(18)12(8)17/h2-5,7,15-18H,6H2,1H3. The SMILES string of the molecule is CC(NCc1ccc(O)c(O)c1O)c1ccc(Cl)s1. The first-order chi connectivity index (χ1) is 8.99. The van der Waals surface area contributed by atoms with Gasteiger partial charge in [-0.3, -0.25) is 0 Å². The highest BCUT2D eigenvalue weighted by atomic mass is 35.5. The van der Waals surface area contributed by atoms with Crippen molar-refractivity contribution >= 4 is 22.9 Å². The summed E-state index contributed by atoms with van der Waals surface area (Å²) in [6.07, 6.45) is 0. The zero-order chi connectivity index (χ0) is 14.0. The fourth-order valence-electron chi connectivity index (χ4n) is 1.68. The van der Waals surface area contributed by atoms with Gasteiger partial charge in [-0.2, -0.15) is 0 Å². The Balaban J connectivity index is 2.05. The minimum Gasteiger partial charge on any atom is -0.504 e. The Morgan fingerprint density at radius 1 is 1.16 bits per heavy atom. The second-order valence-electron chi connectivity index (χ2n) is 4.19. The first-order valence-electron chi connectivity index (χ1n) is 5.70. The van der Waals surface area contributed by atoms with Gasteiger partial charge in [-0.05, 0) is 25.1 Å². The second-order valence-corrected chi connectivity index (χ2v) is 5.93. The molecule has 0 radical (unpaired) electrons. The van der Waals surface area contributed by atoms with Gasteiger partial charge in [0.2, 0.25) is 5.75 Å². The fourth-order valence-corrected chi connectivity index (χ4v) is 2.77. The van der Waals surface area contributed by atoms with Crippen LogP contribution in [-0.4, -0.2) is 15.3 Å². The van der Waals surface area contributed by atoms with Crippen molar-refractivity contribution in [2.45, 2.75) is 19.5 Å². The van der Waals surface area contributed by atoms with Crippen LogP contribution in [0.5, 0.6) is 17.2 Å². The molecule has 0 spiro atoms. The molecule has 19 heavy (non-hydrogen) atoms. The zero-order valence-electron chi connectivity index (χ0n) is 10.2. The summed E-state index contributed by atoms with van der Waals surface area (Å²) in [5, 5.41) is 31.6. The smallest absolute Gasteiger partial charge is 0.200 e. The number of rotatable bonds is 4. The molecule has 4 nitrogen and oxygen atoms in total. The fraction of sp³-hybridized carbons (Fsp3) is 0.231. The molecule has 2 aromatic rings. The molecule has 0 aliphatic heterocycles. The second kappa shape index (κ2) is 5.69. The van der Waals surface area contributed by atoms with Gasteiger partial charge in [0.25, 0.3) is 0 Å². The Morgan fingerprint density at radius 3 is 2.53 bits per heavy atom. The molecule has 0 fully saturated rings. The molecule has 1 aromatic carbocycles. The molecule has 102 valence electrons. The van der Waals surface area contributed by atoms with E-state index in [1.807, 2.05) is 19.1 Å². The third-order valence-corrected chi connectivity index (χ3v) is 4.25. The summed E-state index contributed by atoms with van der Waals surface area (Å²) in [7, 11) is 0. The average Bonchev–Trinajstić information content (AvgIpc) is 2.81. The van der Waals surface area contributed by atoms with E-state index in [1.54, 1.807) is 6.07 Å². The van der Waals surface area contributed by atoms with Crippen LogP contribution in [-0.2, 0) is 6.54 Å². The van der Waals surface area contributed by atoms with E-state index in [4.69, 9.17) is 11.6 Å². The Kier molecular flexibility index (Phi) is 4.19. The van der Waals surface area contributed by atoms with Crippen molar-refractivity contribution in [1.82, 2.24) is 5.32 Å². The highest BCUT2D eigenvalue weighted by Gasteiger charge is 2.13. The Bertz CT molecular complexity index is 585. The molecule has 1 aromatic heterocycles. The van der Waals surface area contributed by atoms with Crippen LogP contribution in [0.25, 0.3) is 0 Å². The molecule has 1 atom stereocenters. The maximum atomic E-state index is 9.70. The summed E-state index contributed by atoms with van der Waals surface area (Å²) in [6.45, 7) is 2.36. The predicted octanol–water partition coefficient (Wildman–Crippen LogP) is 3.37. The Morgan fingerprint density at radius 2 is 1.89 bits per heavy atom. The van der Waals surface area contributed by atoms with E-state index in [0.29, 0.717) is 12.1 Å².